The highest BCUT2D eigenvalue weighted by Crippen LogP contribution is 2.31. The fraction of sp³-hybridized carbons (Fsp3) is 0.909. The van der Waals surface area contributed by atoms with Crippen LogP contribution in [0.25, 0.3) is 0 Å². The normalized spacial score (nSPS) is 34.9. The molecule has 0 aliphatic carbocycles. The van der Waals surface area contributed by atoms with E-state index in [0.29, 0.717) is 6.04 Å². The molecule has 2 atom stereocenters. The smallest absolute Gasteiger partial charge is 0.320 e. The maximum Gasteiger partial charge on any atom is 0.320 e. The molecule has 15 heavy (non-hydrogen) atoms. The minimum absolute atomic E-state index is 0.289. The molecule has 2 amide bonds. The van der Waals surface area contributed by atoms with Gasteiger partial charge in [0.05, 0.1) is 6.04 Å². The first-order valence-electron chi connectivity index (χ1n) is 6.12. The lowest BCUT2D eigenvalue weighted by molar-refractivity contribution is 0.0161. The fourth-order valence-electron chi connectivity index (χ4n) is 3.03. The van der Waals surface area contributed by atoms with Gasteiger partial charge >= 0.3 is 6.03 Å². The van der Waals surface area contributed by atoms with Gasteiger partial charge in [0.25, 0.3) is 0 Å². The van der Waals surface area contributed by atoms with Crippen molar-refractivity contribution < 1.29 is 4.79 Å². The first-order valence-corrected chi connectivity index (χ1v) is 6.12. The molecule has 0 unspecified atom stereocenters. The van der Waals surface area contributed by atoms with Gasteiger partial charge in [0.15, 0.2) is 0 Å². The Morgan fingerprint density at radius 2 is 2.07 bits per heavy atom. The van der Waals surface area contributed by atoms with E-state index in [-0.39, 0.29) is 6.03 Å². The maximum absolute atomic E-state index is 12.1. The zero-order valence-electron chi connectivity index (χ0n) is 9.11. The lowest BCUT2D eigenvalue weighted by Crippen LogP contribution is -2.66. The van der Waals surface area contributed by atoms with Gasteiger partial charge < -0.3 is 15.1 Å². The molecule has 0 bridgehead atoms. The number of rotatable bonds is 0. The second kappa shape index (κ2) is 3.67. The standard InChI is InChI=1S/C11H19N3O/c15-11(13-5-1-2-6-13)14-8-9-3-4-12-7-10(9)14/h9-10,12H,1-8H2/t9-,10-/m0/s1. The minimum atomic E-state index is 0.289. The van der Waals surface area contributed by atoms with Gasteiger partial charge in [-0.05, 0) is 31.7 Å². The van der Waals surface area contributed by atoms with E-state index in [0.717, 1.165) is 38.6 Å². The second-order valence-electron chi connectivity index (χ2n) is 4.95. The predicted octanol–water partition coefficient (Wildman–Crippen LogP) is 0.496. The first-order chi connectivity index (χ1) is 7.36. The lowest BCUT2D eigenvalue weighted by Gasteiger charge is -2.51. The number of nitrogens with one attached hydrogen (secondary N) is 1. The molecular weight excluding hydrogens is 190 g/mol. The molecule has 3 rings (SSSR count). The van der Waals surface area contributed by atoms with Gasteiger partial charge in [0, 0.05) is 26.2 Å². The van der Waals surface area contributed by atoms with E-state index in [1.54, 1.807) is 0 Å². The van der Waals surface area contributed by atoms with Gasteiger partial charge in [0.2, 0.25) is 0 Å². The van der Waals surface area contributed by atoms with Crippen molar-refractivity contribution in [2.75, 3.05) is 32.7 Å². The monoisotopic (exact) mass is 209 g/mol. The Labute approximate surface area is 90.6 Å². The number of carbonyl (C=O) groups excluding carboxylic acids is 1. The molecule has 3 aliphatic rings. The third-order valence-corrected chi connectivity index (χ3v) is 4.04. The Morgan fingerprint density at radius 1 is 1.27 bits per heavy atom. The highest BCUT2D eigenvalue weighted by atomic mass is 16.2. The number of likely N-dealkylation sites (tertiary alicyclic amines) is 2. The van der Waals surface area contributed by atoms with Crippen LogP contribution in [-0.2, 0) is 0 Å². The van der Waals surface area contributed by atoms with Crippen LogP contribution in [0, 0.1) is 5.92 Å². The van der Waals surface area contributed by atoms with E-state index >= 15 is 0 Å². The fourth-order valence-corrected chi connectivity index (χ4v) is 3.03. The zero-order chi connectivity index (χ0) is 10.3. The van der Waals surface area contributed by atoms with Gasteiger partial charge in [-0.25, -0.2) is 4.79 Å². The summed E-state index contributed by atoms with van der Waals surface area (Å²) in [4.78, 5) is 16.2. The topological polar surface area (TPSA) is 35.6 Å². The Hall–Kier alpha value is -0.770. The van der Waals surface area contributed by atoms with E-state index in [2.05, 4.69) is 10.2 Å². The van der Waals surface area contributed by atoms with Crippen molar-refractivity contribution in [3.05, 3.63) is 0 Å². The van der Waals surface area contributed by atoms with Crippen LogP contribution in [-0.4, -0.2) is 54.6 Å². The molecule has 4 heteroatoms. The summed E-state index contributed by atoms with van der Waals surface area (Å²) in [6.07, 6.45) is 3.62. The zero-order valence-corrected chi connectivity index (χ0v) is 9.11. The Morgan fingerprint density at radius 3 is 2.80 bits per heavy atom. The average molecular weight is 209 g/mol. The molecule has 3 saturated heterocycles. The molecular formula is C11H19N3O. The van der Waals surface area contributed by atoms with Crippen LogP contribution in [0.15, 0.2) is 0 Å². The number of piperidine rings is 1. The molecule has 0 radical (unpaired) electrons. The van der Waals surface area contributed by atoms with E-state index < -0.39 is 0 Å². The van der Waals surface area contributed by atoms with Gasteiger partial charge in [-0.3, -0.25) is 0 Å². The molecule has 0 spiro atoms. The summed E-state index contributed by atoms with van der Waals surface area (Å²) in [7, 11) is 0. The van der Waals surface area contributed by atoms with E-state index in [1.807, 2.05) is 4.90 Å². The van der Waals surface area contributed by atoms with Crippen molar-refractivity contribution in [1.82, 2.24) is 15.1 Å². The van der Waals surface area contributed by atoms with Crippen LogP contribution >= 0.6 is 0 Å². The van der Waals surface area contributed by atoms with Crippen LogP contribution in [0.4, 0.5) is 4.79 Å². The summed E-state index contributed by atoms with van der Waals surface area (Å²) < 4.78 is 0. The number of amides is 2. The van der Waals surface area contributed by atoms with E-state index in [9.17, 15) is 4.79 Å². The predicted molar refractivity (Wildman–Crippen MR) is 57.7 cm³/mol. The van der Waals surface area contributed by atoms with Crippen molar-refractivity contribution in [3.8, 4) is 0 Å². The largest absolute Gasteiger partial charge is 0.325 e. The molecule has 1 N–H and O–H groups in total. The average Bonchev–Trinajstić information content (AvgIpc) is 2.72. The molecule has 0 saturated carbocycles. The van der Waals surface area contributed by atoms with Crippen molar-refractivity contribution in [3.63, 3.8) is 0 Å². The second-order valence-corrected chi connectivity index (χ2v) is 4.95. The SMILES string of the molecule is O=C(N1CCCC1)N1C[C@@H]2CCNC[C@@H]21. The minimum Gasteiger partial charge on any atom is -0.325 e. The number of hydrogen-bond donors (Lipinski definition) is 1. The van der Waals surface area contributed by atoms with Gasteiger partial charge in [-0.1, -0.05) is 0 Å². The van der Waals surface area contributed by atoms with Crippen molar-refractivity contribution in [1.29, 1.82) is 0 Å². The van der Waals surface area contributed by atoms with E-state index in [1.165, 1.54) is 19.3 Å². The molecule has 84 valence electrons. The maximum atomic E-state index is 12.1. The van der Waals surface area contributed by atoms with Gasteiger partial charge in [-0.15, -0.1) is 0 Å². The summed E-state index contributed by atoms with van der Waals surface area (Å²) >= 11 is 0. The van der Waals surface area contributed by atoms with Crippen molar-refractivity contribution in [2.45, 2.75) is 25.3 Å². The summed E-state index contributed by atoms with van der Waals surface area (Å²) in [5, 5.41) is 3.38. The van der Waals surface area contributed by atoms with Crippen molar-refractivity contribution in [2.24, 2.45) is 5.92 Å². The molecule has 0 aromatic carbocycles. The lowest BCUT2D eigenvalue weighted by atomic mass is 9.83. The molecule has 0 aromatic rings. The van der Waals surface area contributed by atoms with Gasteiger partial charge in [-0.2, -0.15) is 0 Å². The van der Waals surface area contributed by atoms with Crippen molar-refractivity contribution >= 4 is 6.03 Å². The Balaban J connectivity index is 1.61. The summed E-state index contributed by atoms with van der Waals surface area (Å²) in [6, 6.07) is 0.782. The molecule has 0 aromatic heterocycles. The molecule has 3 aliphatic heterocycles. The van der Waals surface area contributed by atoms with E-state index in [4.69, 9.17) is 0 Å². The third kappa shape index (κ3) is 1.51. The number of hydrogen-bond acceptors (Lipinski definition) is 2. The Kier molecular flexibility index (Phi) is 2.31. The molecule has 4 nitrogen and oxygen atoms in total. The number of urea groups is 1. The van der Waals surface area contributed by atoms with Crippen LogP contribution in [0.5, 0.6) is 0 Å². The van der Waals surface area contributed by atoms with Crippen LogP contribution in [0.1, 0.15) is 19.3 Å². The molecule has 3 fully saturated rings. The highest BCUT2D eigenvalue weighted by molar-refractivity contribution is 5.76. The number of nitrogens with zero attached hydrogens (tertiary/aromatic N) is 2. The molecule has 3 heterocycles. The first kappa shape index (κ1) is 9.46. The Bertz CT molecular complexity index is 263. The van der Waals surface area contributed by atoms with Crippen LogP contribution in [0.2, 0.25) is 0 Å². The van der Waals surface area contributed by atoms with Crippen LogP contribution < -0.4 is 5.32 Å². The summed E-state index contributed by atoms with van der Waals surface area (Å²) in [6.45, 7) is 5.08. The summed E-state index contributed by atoms with van der Waals surface area (Å²) in [5.41, 5.74) is 0. The number of fused-ring (bicyclic) bond motifs is 1. The third-order valence-electron chi connectivity index (χ3n) is 4.04. The quantitative estimate of drug-likeness (QED) is 0.630. The number of carbonyl (C=O) groups is 1. The summed E-state index contributed by atoms with van der Waals surface area (Å²) in [5.74, 6) is 0.776. The van der Waals surface area contributed by atoms with Crippen LogP contribution in [0.3, 0.4) is 0 Å². The van der Waals surface area contributed by atoms with Gasteiger partial charge in [0.1, 0.15) is 0 Å². The highest BCUT2D eigenvalue weighted by Gasteiger charge is 2.44.